The molecule has 4 heteroatoms. The van der Waals surface area contributed by atoms with Gasteiger partial charge in [-0.15, -0.1) is 0 Å². The number of rotatable bonds is 5. The van der Waals surface area contributed by atoms with Gasteiger partial charge in [-0.05, 0) is 29.3 Å². The van der Waals surface area contributed by atoms with E-state index < -0.39 is 5.60 Å². The molecule has 1 unspecified atom stereocenters. The Morgan fingerprint density at radius 2 is 1.90 bits per heavy atom. The fourth-order valence-corrected chi connectivity index (χ4v) is 2.40. The average Bonchev–Trinajstić information content (AvgIpc) is 2.44. The molecular formula is C16H16ClFO2. The molecule has 0 bridgehead atoms. The van der Waals surface area contributed by atoms with Gasteiger partial charge in [0.1, 0.15) is 11.4 Å². The summed E-state index contributed by atoms with van der Waals surface area (Å²) in [6.07, 6.45) is 0.182. The van der Waals surface area contributed by atoms with Crippen LogP contribution in [0.15, 0.2) is 48.5 Å². The molecule has 0 aromatic heterocycles. The fraction of sp³-hybridized carbons (Fsp3) is 0.250. The number of hydrogen-bond acceptors (Lipinski definition) is 2. The Hall–Kier alpha value is -1.42. The average molecular weight is 295 g/mol. The molecule has 2 aromatic carbocycles. The van der Waals surface area contributed by atoms with Gasteiger partial charge >= 0.3 is 0 Å². The molecule has 0 heterocycles. The van der Waals surface area contributed by atoms with Crippen molar-refractivity contribution in [2.45, 2.75) is 12.0 Å². The lowest BCUT2D eigenvalue weighted by atomic mass is 9.88. The summed E-state index contributed by atoms with van der Waals surface area (Å²) in [7, 11) is 1.51. The lowest BCUT2D eigenvalue weighted by molar-refractivity contribution is -0.0355. The molecule has 2 aromatic rings. The van der Waals surface area contributed by atoms with E-state index in [1.54, 1.807) is 0 Å². The molecule has 20 heavy (non-hydrogen) atoms. The first-order valence-corrected chi connectivity index (χ1v) is 6.64. The van der Waals surface area contributed by atoms with E-state index >= 15 is 0 Å². The van der Waals surface area contributed by atoms with E-state index in [9.17, 15) is 9.50 Å². The molecule has 0 saturated carbocycles. The summed E-state index contributed by atoms with van der Waals surface area (Å²) in [6.45, 7) is 0.101. The predicted molar refractivity (Wildman–Crippen MR) is 77.3 cm³/mol. The van der Waals surface area contributed by atoms with Crippen molar-refractivity contribution in [1.29, 1.82) is 0 Å². The van der Waals surface area contributed by atoms with E-state index in [-0.39, 0.29) is 18.8 Å². The summed E-state index contributed by atoms with van der Waals surface area (Å²) in [4.78, 5) is 0. The standard InChI is InChI=1S/C16H16ClFO2/c1-20-11-16(19,13-5-3-2-4-6-13)10-12-9-14(18)7-8-15(12)17/h2-9,19H,10-11H2,1H3. The maximum Gasteiger partial charge on any atom is 0.123 e. The van der Waals surface area contributed by atoms with Crippen LogP contribution in [0.25, 0.3) is 0 Å². The minimum atomic E-state index is -1.24. The van der Waals surface area contributed by atoms with Crippen LogP contribution < -0.4 is 0 Å². The van der Waals surface area contributed by atoms with Crippen molar-refractivity contribution in [2.24, 2.45) is 0 Å². The zero-order valence-corrected chi connectivity index (χ0v) is 11.9. The Kier molecular flexibility index (Phi) is 4.76. The highest BCUT2D eigenvalue weighted by Crippen LogP contribution is 2.29. The van der Waals surface area contributed by atoms with Crippen molar-refractivity contribution >= 4 is 11.6 Å². The number of halogens is 2. The maximum absolute atomic E-state index is 13.3. The Labute approximate surface area is 122 Å². The predicted octanol–water partition coefficient (Wildman–Crippen LogP) is 3.56. The summed E-state index contributed by atoms with van der Waals surface area (Å²) < 4.78 is 18.5. The Balaban J connectivity index is 2.36. The van der Waals surface area contributed by atoms with Gasteiger partial charge in [-0.1, -0.05) is 41.9 Å². The minimum Gasteiger partial charge on any atom is -0.382 e. The molecule has 106 valence electrons. The Bertz CT molecular complexity index is 574. The quantitative estimate of drug-likeness (QED) is 0.914. The monoisotopic (exact) mass is 294 g/mol. The molecular weight excluding hydrogens is 279 g/mol. The molecule has 2 nitrogen and oxygen atoms in total. The molecule has 1 N–H and O–H groups in total. The number of hydrogen-bond donors (Lipinski definition) is 1. The van der Waals surface area contributed by atoms with E-state index in [0.717, 1.165) is 0 Å². The van der Waals surface area contributed by atoms with Crippen LogP contribution in [0.4, 0.5) is 4.39 Å². The maximum atomic E-state index is 13.3. The molecule has 0 aliphatic rings. The van der Waals surface area contributed by atoms with Gasteiger partial charge in [-0.2, -0.15) is 0 Å². The van der Waals surface area contributed by atoms with Crippen LogP contribution >= 0.6 is 11.6 Å². The van der Waals surface area contributed by atoms with Gasteiger partial charge in [-0.25, -0.2) is 4.39 Å². The van der Waals surface area contributed by atoms with Gasteiger partial charge in [0.15, 0.2) is 0 Å². The molecule has 0 aliphatic carbocycles. The summed E-state index contributed by atoms with van der Waals surface area (Å²) in [5.41, 5.74) is 0.0187. The Morgan fingerprint density at radius 1 is 1.20 bits per heavy atom. The van der Waals surface area contributed by atoms with Crippen molar-refractivity contribution in [3.63, 3.8) is 0 Å². The summed E-state index contributed by atoms with van der Waals surface area (Å²) >= 11 is 6.07. The zero-order valence-electron chi connectivity index (χ0n) is 11.1. The van der Waals surface area contributed by atoms with Crippen LogP contribution in [0.3, 0.4) is 0 Å². The van der Waals surface area contributed by atoms with Crippen LogP contribution in [0.5, 0.6) is 0 Å². The van der Waals surface area contributed by atoms with E-state index in [0.29, 0.717) is 16.1 Å². The normalized spacial score (nSPS) is 14.0. The first kappa shape index (κ1) is 15.0. The zero-order chi connectivity index (χ0) is 14.6. The number of aliphatic hydroxyl groups is 1. The van der Waals surface area contributed by atoms with Gasteiger partial charge in [0.05, 0.1) is 6.61 Å². The van der Waals surface area contributed by atoms with Crippen molar-refractivity contribution in [3.05, 3.63) is 70.5 Å². The molecule has 0 amide bonds. The molecule has 0 aliphatic heterocycles. The van der Waals surface area contributed by atoms with Gasteiger partial charge in [0.2, 0.25) is 0 Å². The molecule has 0 fully saturated rings. The number of ether oxygens (including phenoxy) is 1. The largest absolute Gasteiger partial charge is 0.382 e. The highest BCUT2D eigenvalue weighted by atomic mass is 35.5. The van der Waals surface area contributed by atoms with Crippen molar-refractivity contribution < 1.29 is 14.2 Å². The lowest BCUT2D eigenvalue weighted by Crippen LogP contribution is -2.34. The first-order chi connectivity index (χ1) is 9.55. The summed E-state index contributed by atoms with van der Waals surface area (Å²) in [5.74, 6) is -0.378. The van der Waals surface area contributed by atoms with Gasteiger partial charge in [0, 0.05) is 18.6 Å². The molecule has 2 rings (SSSR count). The third-order valence-corrected chi connectivity index (χ3v) is 3.55. The van der Waals surface area contributed by atoms with Crippen LogP contribution in [0.1, 0.15) is 11.1 Å². The Morgan fingerprint density at radius 3 is 2.55 bits per heavy atom. The van der Waals surface area contributed by atoms with E-state index in [1.807, 2.05) is 30.3 Å². The third kappa shape index (κ3) is 3.37. The van der Waals surface area contributed by atoms with Crippen LogP contribution in [-0.4, -0.2) is 18.8 Å². The van der Waals surface area contributed by atoms with Crippen molar-refractivity contribution in [3.8, 4) is 0 Å². The summed E-state index contributed by atoms with van der Waals surface area (Å²) in [5, 5.41) is 11.3. The van der Waals surface area contributed by atoms with E-state index in [2.05, 4.69) is 0 Å². The third-order valence-electron chi connectivity index (χ3n) is 3.18. The van der Waals surface area contributed by atoms with E-state index in [4.69, 9.17) is 16.3 Å². The molecule has 0 spiro atoms. The van der Waals surface area contributed by atoms with E-state index in [1.165, 1.54) is 25.3 Å². The van der Waals surface area contributed by atoms with Gasteiger partial charge < -0.3 is 9.84 Å². The fourth-order valence-electron chi connectivity index (χ4n) is 2.22. The van der Waals surface area contributed by atoms with Gasteiger partial charge in [-0.3, -0.25) is 0 Å². The highest BCUT2D eigenvalue weighted by Gasteiger charge is 2.30. The first-order valence-electron chi connectivity index (χ1n) is 6.26. The van der Waals surface area contributed by atoms with Gasteiger partial charge in [0.25, 0.3) is 0 Å². The van der Waals surface area contributed by atoms with Crippen molar-refractivity contribution in [2.75, 3.05) is 13.7 Å². The second-order valence-electron chi connectivity index (χ2n) is 4.74. The second-order valence-corrected chi connectivity index (χ2v) is 5.15. The second kappa shape index (κ2) is 6.35. The number of benzene rings is 2. The summed E-state index contributed by atoms with van der Waals surface area (Å²) in [6, 6.07) is 13.3. The van der Waals surface area contributed by atoms with Crippen LogP contribution in [-0.2, 0) is 16.8 Å². The molecule has 1 atom stereocenters. The topological polar surface area (TPSA) is 29.5 Å². The SMILES string of the molecule is COCC(O)(Cc1cc(F)ccc1Cl)c1ccccc1. The smallest absolute Gasteiger partial charge is 0.123 e. The minimum absolute atomic E-state index is 0.101. The number of methoxy groups -OCH3 is 1. The van der Waals surface area contributed by atoms with Crippen LogP contribution in [0.2, 0.25) is 5.02 Å². The molecule has 0 radical (unpaired) electrons. The highest BCUT2D eigenvalue weighted by molar-refractivity contribution is 6.31. The molecule has 0 saturated heterocycles. The van der Waals surface area contributed by atoms with Crippen LogP contribution in [0, 0.1) is 5.82 Å². The van der Waals surface area contributed by atoms with Crippen molar-refractivity contribution in [1.82, 2.24) is 0 Å². The lowest BCUT2D eigenvalue weighted by Gasteiger charge is -2.28.